The quantitative estimate of drug-likeness (QED) is 0.676. The lowest BCUT2D eigenvalue weighted by Crippen LogP contribution is -2.38. The first-order valence-electron chi connectivity index (χ1n) is 6.36. The average Bonchev–Trinajstić information content (AvgIpc) is 2.70. The van der Waals surface area contributed by atoms with E-state index in [4.69, 9.17) is 0 Å². The standard InChI is InChI=1S/C13H28N2/c1-10(2)7-14-8-11(3)15-9-12-6-13(12,4)5/h10-12,14-15H,6-9H2,1-5H3. The van der Waals surface area contributed by atoms with Crippen molar-refractivity contribution in [3.63, 3.8) is 0 Å². The van der Waals surface area contributed by atoms with Crippen LogP contribution in [0.2, 0.25) is 0 Å². The van der Waals surface area contributed by atoms with Crippen LogP contribution in [0.3, 0.4) is 0 Å². The fraction of sp³-hybridized carbons (Fsp3) is 1.00. The highest BCUT2D eigenvalue weighted by atomic mass is 15.0. The molecule has 0 saturated heterocycles. The van der Waals surface area contributed by atoms with E-state index in [9.17, 15) is 0 Å². The van der Waals surface area contributed by atoms with Gasteiger partial charge in [0, 0.05) is 12.6 Å². The van der Waals surface area contributed by atoms with Gasteiger partial charge in [-0.3, -0.25) is 0 Å². The summed E-state index contributed by atoms with van der Waals surface area (Å²) in [5.41, 5.74) is 0.609. The van der Waals surface area contributed by atoms with Crippen LogP contribution >= 0.6 is 0 Å². The van der Waals surface area contributed by atoms with Gasteiger partial charge >= 0.3 is 0 Å². The Hall–Kier alpha value is -0.0800. The van der Waals surface area contributed by atoms with Gasteiger partial charge < -0.3 is 10.6 Å². The number of rotatable bonds is 7. The molecule has 0 aromatic heterocycles. The molecule has 1 fully saturated rings. The molecule has 90 valence electrons. The Balaban J connectivity index is 1.97. The molecule has 2 N–H and O–H groups in total. The van der Waals surface area contributed by atoms with E-state index in [1.165, 1.54) is 13.0 Å². The summed E-state index contributed by atoms with van der Waals surface area (Å²) in [4.78, 5) is 0. The second-order valence-corrected chi connectivity index (χ2v) is 6.25. The maximum Gasteiger partial charge on any atom is 0.0164 e. The number of hydrogen-bond acceptors (Lipinski definition) is 2. The fourth-order valence-corrected chi connectivity index (χ4v) is 1.93. The Morgan fingerprint density at radius 1 is 1.20 bits per heavy atom. The third-order valence-electron chi connectivity index (χ3n) is 3.43. The molecule has 1 aliphatic carbocycles. The number of hydrogen-bond donors (Lipinski definition) is 2. The molecule has 0 aliphatic heterocycles. The van der Waals surface area contributed by atoms with Crippen LogP contribution in [-0.2, 0) is 0 Å². The lowest BCUT2D eigenvalue weighted by atomic mass is 10.1. The van der Waals surface area contributed by atoms with Crippen molar-refractivity contribution < 1.29 is 0 Å². The van der Waals surface area contributed by atoms with Gasteiger partial charge in [-0.1, -0.05) is 27.7 Å². The molecule has 0 radical (unpaired) electrons. The summed E-state index contributed by atoms with van der Waals surface area (Å²) in [6.45, 7) is 14.9. The van der Waals surface area contributed by atoms with E-state index in [2.05, 4.69) is 45.3 Å². The minimum Gasteiger partial charge on any atom is -0.315 e. The van der Waals surface area contributed by atoms with Gasteiger partial charge in [0.15, 0.2) is 0 Å². The SMILES string of the molecule is CC(C)CNCC(C)NCC1CC1(C)C. The number of nitrogens with one attached hydrogen (secondary N) is 2. The molecular formula is C13H28N2. The van der Waals surface area contributed by atoms with Gasteiger partial charge in [0.05, 0.1) is 0 Å². The zero-order chi connectivity index (χ0) is 11.5. The molecule has 1 aliphatic rings. The van der Waals surface area contributed by atoms with Crippen LogP contribution in [-0.4, -0.2) is 25.7 Å². The average molecular weight is 212 g/mol. The molecule has 0 aromatic rings. The van der Waals surface area contributed by atoms with Gasteiger partial charge in [0.25, 0.3) is 0 Å². The van der Waals surface area contributed by atoms with Gasteiger partial charge in [-0.25, -0.2) is 0 Å². The maximum absolute atomic E-state index is 3.61. The summed E-state index contributed by atoms with van der Waals surface area (Å²) in [5.74, 6) is 1.66. The highest BCUT2D eigenvalue weighted by Crippen LogP contribution is 2.50. The molecule has 0 amide bonds. The summed E-state index contributed by atoms with van der Waals surface area (Å²) in [6.07, 6.45) is 1.39. The predicted molar refractivity (Wildman–Crippen MR) is 67.1 cm³/mol. The molecule has 2 unspecified atom stereocenters. The van der Waals surface area contributed by atoms with Crippen molar-refractivity contribution in [3.05, 3.63) is 0 Å². The third-order valence-corrected chi connectivity index (χ3v) is 3.43. The maximum atomic E-state index is 3.61. The lowest BCUT2D eigenvalue weighted by Gasteiger charge is -2.16. The Bertz CT molecular complexity index is 187. The molecule has 0 spiro atoms. The van der Waals surface area contributed by atoms with E-state index in [1.807, 2.05) is 0 Å². The van der Waals surface area contributed by atoms with Crippen molar-refractivity contribution in [1.29, 1.82) is 0 Å². The molecule has 2 nitrogen and oxygen atoms in total. The normalized spacial score (nSPS) is 25.6. The third kappa shape index (κ3) is 4.98. The molecule has 0 bridgehead atoms. The zero-order valence-corrected chi connectivity index (χ0v) is 11.1. The van der Waals surface area contributed by atoms with Crippen LogP contribution < -0.4 is 10.6 Å². The van der Waals surface area contributed by atoms with Crippen molar-refractivity contribution in [1.82, 2.24) is 10.6 Å². The molecule has 1 saturated carbocycles. The molecule has 0 heterocycles. The van der Waals surface area contributed by atoms with E-state index in [-0.39, 0.29) is 0 Å². The molecule has 0 aromatic carbocycles. The van der Waals surface area contributed by atoms with Gasteiger partial charge in [-0.15, -0.1) is 0 Å². The van der Waals surface area contributed by atoms with Crippen molar-refractivity contribution in [2.75, 3.05) is 19.6 Å². The smallest absolute Gasteiger partial charge is 0.0164 e. The minimum absolute atomic E-state index is 0.597. The zero-order valence-electron chi connectivity index (χ0n) is 11.1. The van der Waals surface area contributed by atoms with Crippen LogP contribution in [0.15, 0.2) is 0 Å². The van der Waals surface area contributed by atoms with Crippen molar-refractivity contribution >= 4 is 0 Å². The van der Waals surface area contributed by atoms with Crippen LogP contribution in [0.4, 0.5) is 0 Å². The molecular weight excluding hydrogens is 184 g/mol. The Labute approximate surface area is 95.2 Å². The summed E-state index contributed by atoms with van der Waals surface area (Å²) in [6, 6.07) is 0.597. The van der Waals surface area contributed by atoms with Crippen molar-refractivity contribution in [2.24, 2.45) is 17.3 Å². The summed E-state index contributed by atoms with van der Waals surface area (Å²) in [7, 11) is 0. The summed E-state index contributed by atoms with van der Waals surface area (Å²) >= 11 is 0. The Morgan fingerprint density at radius 2 is 1.80 bits per heavy atom. The summed E-state index contributed by atoms with van der Waals surface area (Å²) < 4.78 is 0. The summed E-state index contributed by atoms with van der Waals surface area (Å²) in [5, 5.41) is 7.10. The van der Waals surface area contributed by atoms with Crippen LogP contribution in [0.1, 0.15) is 41.0 Å². The lowest BCUT2D eigenvalue weighted by molar-refractivity contribution is 0.444. The van der Waals surface area contributed by atoms with Gasteiger partial charge in [-0.2, -0.15) is 0 Å². The topological polar surface area (TPSA) is 24.1 Å². The van der Waals surface area contributed by atoms with Crippen LogP contribution in [0, 0.1) is 17.3 Å². The fourth-order valence-electron chi connectivity index (χ4n) is 1.93. The van der Waals surface area contributed by atoms with Crippen molar-refractivity contribution in [3.8, 4) is 0 Å². The molecule has 2 heteroatoms. The van der Waals surface area contributed by atoms with Crippen molar-refractivity contribution in [2.45, 2.75) is 47.1 Å². The van der Waals surface area contributed by atoms with E-state index in [0.717, 1.165) is 24.9 Å². The van der Waals surface area contributed by atoms with Gasteiger partial charge in [-0.05, 0) is 43.7 Å². The van der Waals surface area contributed by atoms with Crippen LogP contribution in [0.5, 0.6) is 0 Å². The highest BCUT2D eigenvalue weighted by Gasteiger charge is 2.44. The van der Waals surface area contributed by atoms with Gasteiger partial charge in [0.1, 0.15) is 0 Å². The first-order chi connectivity index (χ1) is 6.92. The predicted octanol–water partition coefficient (Wildman–Crippen LogP) is 2.26. The molecule has 1 rings (SSSR count). The van der Waals surface area contributed by atoms with E-state index < -0.39 is 0 Å². The first kappa shape index (κ1) is 13.0. The monoisotopic (exact) mass is 212 g/mol. The first-order valence-corrected chi connectivity index (χ1v) is 6.36. The largest absolute Gasteiger partial charge is 0.315 e. The molecule has 15 heavy (non-hydrogen) atoms. The van der Waals surface area contributed by atoms with E-state index in [0.29, 0.717) is 11.5 Å². The second kappa shape index (κ2) is 5.31. The minimum atomic E-state index is 0.597. The van der Waals surface area contributed by atoms with E-state index >= 15 is 0 Å². The van der Waals surface area contributed by atoms with E-state index in [1.54, 1.807) is 0 Å². The second-order valence-electron chi connectivity index (χ2n) is 6.25. The van der Waals surface area contributed by atoms with Crippen LogP contribution in [0.25, 0.3) is 0 Å². The van der Waals surface area contributed by atoms with Gasteiger partial charge in [0.2, 0.25) is 0 Å². The molecule has 2 atom stereocenters. The highest BCUT2D eigenvalue weighted by molar-refractivity contribution is 4.96. The Morgan fingerprint density at radius 3 is 2.27 bits per heavy atom. The Kier molecular flexibility index (Phi) is 4.60.